The maximum absolute atomic E-state index is 12.8. The molecule has 2 amide bonds. The van der Waals surface area contributed by atoms with E-state index in [1.165, 1.54) is 11.3 Å². The van der Waals surface area contributed by atoms with E-state index in [-0.39, 0.29) is 11.8 Å². The lowest BCUT2D eigenvalue weighted by molar-refractivity contribution is 0.0746. The highest BCUT2D eigenvalue weighted by molar-refractivity contribution is 5.97. The molecule has 5 nitrogen and oxygen atoms in total. The molecule has 0 aromatic heterocycles. The van der Waals surface area contributed by atoms with Crippen LogP contribution in [0.25, 0.3) is 0 Å². The van der Waals surface area contributed by atoms with E-state index in [4.69, 9.17) is 0 Å². The first-order chi connectivity index (χ1) is 13.4. The molecule has 1 fully saturated rings. The number of anilines is 1. The normalized spacial score (nSPS) is 14.3. The Labute approximate surface area is 167 Å². The highest BCUT2D eigenvalue weighted by Crippen LogP contribution is 2.19. The van der Waals surface area contributed by atoms with Crippen LogP contribution in [0.2, 0.25) is 0 Å². The van der Waals surface area contributed by atoms with Gasteiger partial charge in [-0.25, -0.2) is 0 Å². The highest BCUT2D eigenvalue weighted by Gasteiger charge is 2.22. The molecular weight excluding hydrogens is 350 g/mol. The summed E-state index contributed by atoms with van der Waals surface area (Å²) >= 11 is 0. The van der Waals surface area contributed by atoms with E-state index in [2.05, 4.69) is 55.3 Å². The van der Waals surface area contributed by atoms with E-state index in [9.17, 15) is 9.59 Å². The van der Waals surface area contributed by atoms with Crippen LogP contribution in [0, 0.1) is 12.8 Å². The molecule has 3 rings (SSSR count). The summed E-state index contributed by atoms with van der Waals surface area (Å²) in [6.07, 6.45) is 0. The average Bonchev–Trinajstić information content (AvgIpc) is 2.71. The van der Waals surface area contributed by atoms with Crippen LogP contribution in [-0.2, 0) is 0 Å². The monoisotopic (exact) mass is 379 g/mol. The van der Waals surface area contributed by atoms with Crippen LogP contribution in [-0.4, -0.2) is 49.4 Å². The standard InChI is InChI=1S/C23H29N3O2/c1-17(2)16-24-22(27)19-7-9-20(10-8-19)23(28)26-13-11-25(12-14-26)21-6-4-5-18(3)15-21/h4-10,15,17H,11-14,16H2,1-3H3,(H,24,27). The first kappa shape index (κ1) is 19.9. The molecule has 0 radical (unpaired) electrons. The molecule has 1 N–H and O–H groups in total. The van der Waals surface area contributed by atoms with Gasteiger partial charge in [0.15, 0.2) is 0 Å². The number of hydrogen-bond donors (Lipinski definition) is 1. The van der Waals surface area contributed by atoms with Crippen LogP contribution < -0.4 is 10.2 Å². The van der Waals surface area contributed by atoms with Crippen molar-refractivity contribution in [2.24, 2.45) is 5.92 Å². The number of carbonyl (C=O) groups excluding carboxylic acids is 2. The Balaban J connectivity index is 1.57. The third-order valence-electron chi connectivity index (χ3n) is 5.00. The molecule has 148 valence electrons. The largest absolute Gasteiger partial charge is 0.368 e. The van der Waals surface area contributed by atoms with E-state index in [0.717, 1.165) is 13.1 Å². The van der Waals surface area contributed by atoms with Gasteiger partial charge in [-0.2, -0.15) is 0 Å². The van der Waals surface area contributed by atoms with Gasteiger partial charge < -0.3 is 15.1 Å². The second kappa shape index (κ2) is 8.91. The van der Waals surface area contributed by atoms with Crippen LogP contribution in [0.4, 0.5) is 5.69 Å². The molecule has 2 aromatic rings. The van der Waals surface area contributed by atoms with Gasteiger partial charge in [0, 0.05) is 49.5 Å². The fourth-order valence-corrected chi connectivity index (χ4v) is 3.34. The number of nitrogens with one attached hydrogen (secondary N) is 1. The topological polar surface area (TPSA) is 52.7 Å². The molecule has 0 spiro atoms. The van der Waals surface area contributed by atoms with Gasteiger partial charge in [0.1, 0.15) is 0 Å². The minimum Gasteiger partial charge on any atom is -0.368 e. The fourth-order valence-electron chi connectivity index (χ4n) is 3.34. The molecule has 0 bridgehead atoms. The lowest BCUT2D eigenvalue weighted by Gasteiger charge is -2.36. The Hall–Kier alpha value is -2.82. The summed E-state index contributed by atoms with van der Waals surface area (Å²) in [6, 6.07) is 15.4. The summed E-state index contributed by atoms with van der Waals surface area (Å²) in [6.45, 7) is 9.89. The average molecular weight is 380 g/mol. The summed E-state index contributed by atoms with van der Waals surface area (Å²) in [5.74, 6) is 0.334. The Bertz CT molecular complexity index is 822. The van der Waals surface area contributed by atoms with Crippen molar-refractivity contribution in [1.29, 1.82) is 0 Å². The van der Waals surface area contributed by atoms with Crippen molar-refractivity contribution < 1.29 is 9.59 Å². The fraction of sp³-hybridized carbons (Fsp3) is 0.391. The molecule has 0 saturated carbocycles. The number of hydrogen-bond acceptors (Lipinski definition) is 3. The predicted molar refractivity (Wildman–Crippen MR) is 113 cm³/mol. The maximum Gasteiger partial charge on any atom is 0.253 e. The lowest BCUT2D eigenvalue weighted by Crippen LogP contribution is -2.48. The van der Waals surface area contributed by atoms with E-state index >= 15 is 0 Å². The molecule has 1 aliphatic rings. The van der Waals surface area contributed by atoms with Crippen LogP contribution in [0.3, 0.4) is 0 Å². The van der Waals surface area contributed by atoms with Gasteiger partial charge in [-0.05, 0) is 54.8 Å². The number of piperazine rings is 1. The SMILES string of the molecule is Cc1cccc(N2CCN(C(=O)c3ccc(C(=O)NCC(C)C)cc3)CC2)c1. The maximum atomic E-state index is 12.8. The zero-order chi connectivity index (χ0) is 20.1. The number of carbonyl (C=O) groups is 2. The van der Waals surface area contributed by atoms with Gasteiger partial charge in [0.05, 0.1) is 0 Å². The molecule has 0 unspecified atom stereocenters. The Morgan fingerprint density at radius 2 is 1.61 bits per heavy atom. The molecule has 2 aromatic carbocycles. The van der Waals surface area contributed by atoms with Crippen LogP contribution in [0.5, 0.6) is 0 Å². The Morgan fingerprint density at radius 3 is 2.21 bits per heavy atom. The van der Waals surface area contributed by atoms with Crippen molar-refractivity contribution in [2.75, 3.05) is 37.6 Å². The number of nitrogens with zero attached hydrogens (tertiary/aromatic N) is 2. The molecule has 28 heavy (non-hydrogen) atoms. The van der Waals surface area contributed by atoms with E-state index in [0.29, 0.717) is 36.7 Å². The molecule has 1 saturated heterocycles. The second-order valence-corrected chi connectivity index (χ2v) is 7.80. The van der Waals surface area contributed by atoms with Crippen LogP contribution in [0.15, 0.2) is 48.5 Å². The number of benzene rings is 2. The number of aryl methyl sites for hydroxylation is 1. The third-order valence-corrected chi connectivity index (χ3v) is 5.00. The van der Waals surface area contributed by atoms with Crippen molar-refractivity contribution >= 4 is 17.5 Å². The first-order valence-electron chi connectivity index (χ1n) is 9.93. The van der Waals surface area contributed by atoms with E-state index < -0.39 is 0 Å². The van der Waals surface area contributed by atoms with Crippen molar-refractivity contribution in [1.82, 2.24) is 10.2 Å². The highest BCUT2D eigenvalue weighted by atomic mass is 16.2. The van der Waals surface area contributed by atoms with Gasteiger partial charge in [0.25, 0.3) is 11.8 Å². The Morgan fingerprint density at radius 1 is 0.964 bits per heavy atom. The van der Waals surface area contributed by atoms with Gasteiger partial charge in [0.2, 0.25) is 0 Å². The minimum absolute atomic E-state index is 0.0260. The lowest BCUT2D eigenvalue weighted by atomic mass is 10.1. The Kier molecular flexibility index (Phi) is 6.34. The molecule has 0 atom stereocenters. The van der Waals surface area contributed by atoms with Crippen molar-refractivity contribution in [3.63, 3.8) is 0 Å². The number of amides is 2. The van der Waals surface area contributed by atoms with Crippen molar-refractivity contribution in [3.05, 3.63) is 65.2 Å². The zero-order valence-electron chi connectivity index (χ0n) is 16.9. The van der Waals surface area contributed by atoms with Crippen LogP contribution >= 0.6 is 0 Å². The molecule has 0 aliphatic carbocycles. The van der Waals surface area contributed by atoms with Crippen LogP contribution in [0.1, 0.15) is 40.1 Å². The number of rotatable bonds is 5. The van der Waals surface area contributed by atoms with Gasteiger partial charge in [-0.1, -0.05) is 26.0 Å². The van der Waals surface area contributed by atoms with E-state index in [1.54, 1.807) is 24.3 Å². The summed E-state index contributed by atoms with van der Waals surface area (Å²) in [7, 11) is 0. The quantitative estimate of drug-likeness (QED) is 0.867. The summed E-state index contributed by atoms with van der Waals surface area (Å²) < 4.78 is 0. The zero-order valence-corrected chi connectivity index (χ0v) is 16.9. The summed E-state index contributed by atoms with van der Waals surface area (Å²) in [5, 5.41) is 2.89. The minimum atomic E-state index is -0.0977. The van der Waals surface area contributed by atoms with Gasteiger partial charge >= 0.3 is 0 Å². The summed E-state index contributed by atoms with van der Waals surface area (Å²) in [5.41, 5.74) is 3.67. The predicted octanol–water partition coefficient (Wildman–Crippen LogP) is 3.34. The molecular formula is C23H29N3O2. The smallest absolute Gasteiger partial charge is 0.253 e. The first-order valence-corrected chi connectivity index (χ1v) is 9.93. The molecule has 5 heteroatoms. The van der Waals surface area contributed by atoms with Crippen molar-refractivity contribution in [2.45, 2.75) is 20.8 Å². The van der Waals surface area contributed by atoms with E-state index in [1.807, 2.05) is 4.90 Å². The molecule has 1 aliphatic heterocycles. The van der Waals surface area contributed by atoms with Crippen molar-refractivity contribution in [3.8, 4) is 0 Å². The van der Waals surface area contributed by atoms with Gasteiger partial charge in [-0.3, -0.25) is 9.59 Å². The third kappa shape index (κ3) is 4.91. The summed E-state index contributed by atoms with van der Waals surface area (Å²) in [4.78, 5) is 29.1. The van der Waals surface area contributed by atoms with Gasteiger partial charge in [-0.15, -0.1) is 0 Å². The molecule has 1 heterocycles. The second-order valence-electron chi connectivity index (χ2n) is 7.80.